The highest BCUT2D eigenvalue weighted by molar-refractivity contribution is 6.04. The number of benzene rings is 1. The van der Waals surface area contributed by atoms with Crippen LogP contribution in [0.4, 0.5) is 31.2 Å². The number of hydrogen-bond acceptors (Lipinski definition) is 6. The number of ether oxygens (including phenoxy) is 1. The van der Waals surface area contributed by atoms with Crippen LogP contribution in [0.2, 0.25) is 0 Å². The third-order valence-corrected chi connectivity index (χ3v) is 6.91. The van der Waals surface area contributed by atoms with Gasteiger partial charge in [0.25, 0.3) is 0 Å². The van der Waals surface area contributed by atoms with Gasteiger partial charge in [-0.05, 0) is 53.2 Å². The van der Waals surface area contributed by atoms with E-state index in [1.165, 1.54) is 6.07 Å². The van der Waals surface area contributed by atoms with Crippen LogP contribution in [0.5, 0.6) is 0 Å². The second-order valence-corrected chi connectivity index (χ2v) is 11.1. The van der Waals surface area contributed by atoms with E-state index in [1.807, 2.05) is 40.7 Å². The number of nitrogens with one attached hydrogen (secondary N) is 1. The lowest BCUT2D eigenvalue weighted by Crippen LogP contribution is -2.59. The van der Waals surface area contributed by atoms with Crippen LogP contribution in [0.1, 0.15) is 40.2 Å². The second kappa shape index (κ2) is 9.45. The molecular formula is C27H34FN7O3. The molecule has 0 aliphatic carbocycles. The van der Waals surface area contributed by atoms with E-state index in [1.54, 1.807) is 40.0 Å². The predicted molar refractivity (Wildman–Crippen MR) is 144 cm³/mol. The number of piperazine rings is 1. The van der Waals surface area contributed by atoms with E-state index in [2.05, 4.69) is 20.3 Å². The highest BCUT2D eigenvalue weighted by atomic mass is 19.1. The molecule has 3 aromatic rings. The number of amides is 3. The number of rotatable bonds is 2. The molecule has 1 saturated heterocycles. The van der Waals surface area contributed by atoms with Crippen molar-refractivity contribution in [2.24, 2.45) is 7.05 Å². The fourth-order valence-electron chi connectivity index (χ4n) is 5.41. The minimum absolute atomic E-state index is 0.0661. The van der Waals surface area contributed by atoms with Crippen molar-refractivity contribution < 1.29 is 18.7 Å². The number of aryl methyl sites for hydroxylation is 1. The van der Waals surface area contributed by atoms with Crippen LogP contribution >= 0.6 is 0 Å². The molecule has 5 rings (SSSR count). The van der Waals surface area contributed by atoms with Crippen LogP contribution in [0, 0.1) is 5.82 Å². The minimum Gasteiger partial charge on any atom is -0.444 e. The maximum Gasteiger partial charge on any atom is 0.410 e. The molecule has 3 amide bonds. The smallest absolute Gasteiger partial charge is 0.410 e. The van der Waals surface area contributed by atoms with Crippen LogP contribution in [-0.2, 0) is 18.2 Å². The Morgan fingerprint density at radius 1 is 1.16 bits per heavy atom. The summed E-state index contributed by atoms with van der Waals surface area (Å²) >= 11 is 0. The van der Waals surface area contributed by atoms with Gasteiger partial charge in [0.15, 0.2) is 0 Å². The number of fused-ring (bicyclic) bond motifs is 2. The number of halogens is 1. The summed E-state index contributed by atoms with van der Waals surface area (Å²) in [6, 6.07) is 4.29. The third-order valence-electron chi connectivity index (χ3n) is 6.91. The van der Waals surface area contributed by atoms with Crippen LogP contribution < -0.4 is 15.1 Å². The van der Waals surface area contributed by atoms with Gasteiger partial charge in [0, 0.05) is 61.8 Å². The number of aromatic nitrogens is 3. The van der Waals surface area contributed by atoms with Crippen molar-refractivity contribution in [2.45, 2.75) is 58.7 Å². The fourth-order valence-corrected chi connectivity index (χ4v) is 5.41. The molecular weight excluding hydrogens is 489 g/mol. The zero-order valence-electron chi connectivity index (χ0n) is 22.7. The average molecular weight is 524 g/mol. The Labute approximate surface area is 221 Å². The van der Waals surface area contributed by atoms with E-state index in [-0.39, 0.29) is 23.9 Å². The summed E-state index contributed by atoms with van der Waals surface area (Å²) in [6.45, 7) is 11.3. The third kappa shape index (κ3) is 4.84. The summed E-state index contributed by atoms with van der Waals surface area (Å²) in [6.07, 6.45) is 3.79. The van der Waals surface area contributed by atoms with E-state index in [4.69, 9.17) is 4.74 Å². The Hall–Kier alpha value is -3.89. The van der Waals surface area contributed by atoms with E-state index in [9.17, 15) is 14.0 Å². The van der Waals surface area contributed by atoms with Crippen LogP contribution in [0.3, 0.4) is 0 Å². The Morgan fingerprint density at radius 3 is 2.55 bits per heavy atom. The van der Waals surface area contributed by atoms with Crippen LogP contribution in [0.15, 0.2) is 30.6 Å². The SMILES string of the molecule is C[C@@H]1CN(c2ccnc3c2CCN3C(=O)Nc2cc3cn(C)nc3cc2F)C[C@H](C)N1C(=O)OC(C)(C)C. The lowest BCUT2D eigenvalue weighted by molar-refractivity contribution is 0.00565. The Morgan fingerprint density at radius 2 is 1.87 bits per heavy atom. The van der Waals surface area contributed by atoms with Gasteiger partial charge in [0.2, 0.25) is 0 Å². The molecule has 2 atom stereocenters. The minimum atomic E-state index is -0.559. The van der Waals surface area contributed by atoms with Gasteiger partial charge in [-0.15, -0.1) is 0 Å². The topological polar surface area (TPSA) is 95.8 Å². The molecule has 10 nitrogen and oxygen atoms in total. The van der Waals surface area contributed by atoms with Crippen LogP contribution in [0.25, 0.3) is 10.9 Å². The molecule has 1 aromatic carbocycles. The zero-order valence-corrected chi connectivity index (χ0v) is 22.7. The Bertz CT molecular complexity index is 1390. The first-order valence-corrected chi connectivity index (χ1v) is 12.9. The summed E-state index contributed by atoms with van der Waals surface area (Å²) in [5.41, 5.74) is 2.03. The summed E-state index contributed by atoms with van der Waals surface area (Å²) in [4.78, 5) is 36.1. The number of anilines is 3. The quantitative estimate of drug-likeness (QED) is 0.530. The molecule has 0 radical (unpaired) electrons. The first-order valence-electron chi connectivity index (χ1n) is 12.9. The van der Waals surface area contributed by atoms with Gasteiger partial charge in [-0.25, -0.2) is 19.0 Å². The molecule has 0 spiro atoms. The van der Waals surface area contributed by atoms with Crippen molar-refractivity contribution in [2.75, 3.05) is 34.8 Å². The fraction of sp³-hybridized carbons (Fsp3) is 0.481. The summed E-state index contributed by atoms with van der Waals surface area (Å²) in [5.74, 6) is 0.0225. The normalized spacial score (nSPS) is 19.6. The monoisotopic (exact) mass is 523 g/mol. The van der Waals surface area contributed by atoms with Gasteiger partial charge < -0.3 is 15.0 Å². The molecule has 4 heterocycles. The molecule has 38 heavy (non-hydrogen) atoms. The number of carbonyl (C=O) groups excluding carboxylic acids is 2. The molecule has 202 valence electrons. The molecule has 2 aliphatic heterocycles. The number of carbonyl (C=O) groups is 2. The summed E-state index contributed by atoms with van der Waals surface area (Å²) in [7, 11) is 1.76. The first-order chi connectivity index (χ1) is 17.9. The van der Waals surface area contributed by atoms with E-state index in [0.717, 1.165) is 16.6 Å². The van der Waals surface area contributed by atoms with Gasteiger partial charge in [-0.2, -0.15) is 5.10 Å². The molecule has 2 aromatic heterocycles. The average Bonchev–Trinajstić information content (AvgIpc) is 3.39. The van der Waals surface area contributed by atoms with Crippen molar-refractivity contribution in [3.8, 4) is 0 Å². The predicted octanol–water partition coefficient (Wildman–Crippen LogP) is 4.54. The molecule has 1 N–H and O–H groups in total. The molecule has 2 aliphatic rings. The Kier molecular flexibility index (Phi) is 6.40. The van der Waals surface area contributed by atoms with E-state index in [0.29, 0.717) is 37.4 Å². The molecule has 11 heteroatoms. The second-order valence-electron chi connectivity index (χ2n) is 11.1. The molecule has 0 bridgehead atoms. The van der Waals surface area contributed by atoms with Gasteiger partial charge in [-0.3, -0.25) is 14.5 Å². The van der Waals surface area contributed by atoms with E-state index < -0.39 is 17.4 Å². The summed E-state index contributed by atoms with van der Waals surface area (Å²) in [5, 5.41) is 7.65. The van der Waals surface area contributed by atoms with Gasteiger partial charge >= 0.3 is 12.1 Å². The Balaban J connectivity index is 1.33. The number of pyridine rings is 1. The maximum absolute atomic E-state index is 14.7. The number of urea groups is 1. The zero-order chi connectivity index (χ0) is 27.4. The highest BCUT2D eigenvalue weighted by Gasteiger charge is 2.37. The van der Waals surface area contributed by atoms with Crippen molar-refractivity contribution in [1.82, 2.24) is 19.7 Å². The summed E-state index contributed by atoms with van der Waals surface area (Å²) < 4.78 is 21.9. The van der Waals surface area contributed by atoms with Gasteiger partial charge in [0.05, 0.1) is 23.3 Å². The molecule has 1 fully saturated rings. The first kappa shape index (κ1) is 25.7. The van der Waals surface area contributed by atoms with Crippen molar-refractivity contribution >= 4 is 40.2 Å². The standard InChI is InChI=1S/C27H34FN7O3/c1-16-13-33(14-17(2)35(16)26(37)38-27(3,4)5)23-7-9-29-24-19(23)8-10-34(24)25(36)30-22-11-18-15-32(6)31-21(18)12-20(22)28/h7,9,11-12,15-17H,8,10,13-14H2,1-6H3,(H,30,36)/t16-,17+. The molecule has 0 unspecified atom stereocenters. The lowest BCUT2D eigenvalue weighted by Gasteiger charge is -2.45. The largest absolute Gasteiger partial charge is 0.444 e. The van der Waals surface area contributed by atoms with Gasteiger partial charge in [0.1, 0.15) is 17.2 Å². The highest BCUT2D eigenvalue weighted by Crippen LogP contribution is 2.36. The van der Waals surface area contributed by atoms with Crippen molar-refractivity contribution in [3.05, 3.63) is 42.0 Å². The lowest BCUT2D eigenvalue weighted by atomic mass is 10.1. The molecule has 0 saturated carbocycles. The maximum atomic E-state index is 14.7. The van der Waals surface area contributed by atoms with Crippen molar-refractivity contribution in [1.29, 1.82) is 0 Å². The number of hydrogen-bond donors (Lipinski definition) is 1. The van der Waals surface area contributed by atoms with Crippen LogP contribution in [-0.4, -0.2) is 69.1 Å². The van der Waals surface area contributed by atoms with Crippen molar-refractivity contribution in [3.63, 3.8) is 0 Å². The van der Waals surface area contributed by atoms with Gasteiger partial charge in [-0.1, -0.05) is 0 Å². The van der Waals surface area contributed by atoms with E-state index >= 15 is 0 Å². The number of nitrogens with zero attached hydrogens (tertiary/aromatic N) is 6.